The summed E-state index contributed by atoms with van der Waals surface area (Å²) >= 11 is 13.0. The highest BCUT2D eigenvalue weighted by Gasteiger charge is 2.25. The van der Waals surface area contributed by atoms with Crippen molar-refractivity contribution in [1.82, 2.24) is 10.1 Å². The van der Waals surface area contributed by atoms with Gasteiger partial charge in [-0.15, -0.1) is 0 Å². The summed E-state index contributed by atoms with van der Waals surface area (Å²) in [6, 6.07) is 22.5. The number of nitrogens with zero attached hydrogens (tertiary/aromatic N) is 2. The van der Waals surface area contributed by atoms with Crippen molar-refractivity contribution in [3.05, 3.63) is 105 Å². The summed E-state index contributed by atoms with van der Waals surface area (Å²) in [5.74, 6) is 1.61. The lowest BCUT2D eigenvalue weighted by molar-refractivity contribution is 0.198. The van der Waals surface area contributed by atoms with Crippen LogP contribution in [0, 0.1) is 0 Å². The Morgan fingerprint density at radius 1 is 0.950 bits per heavy atom. The highest BCUT2D eigenvalue weighted by molar-refractivity contribution is 6.36. The van der Waals surface area contributed by atoms with E-state index in [0.29, 0.717) is 16.5 Å². The topological polar surface area (TPSA) is 38.5 Å². The van der Waals surface area contributed by atoms with E-state index in [1.807, 2.05) is 24.3 Å². The molecule has 0 N–H and O–H groups in total. The first kappa shape index (κ1) is 27.1. The second-order valence-corrected chi connectivity index (χ2v) is 11.3. The zero-order chi connectivity index (χ0) is 27.5. The number of likely N-dealkylation sites (tertiary alicyclic amines) is 1. The Morgan fingerprint density at radius 2 is 1.77 bits per heavy atom. The van der Waals surface area contributed by atoms with Crippen LogP contribution in [0.2, 0.25) is 10.0 Å². The second kappa shape index (κ2) is 12.2. The first-order chi connectivity index (χ1) is 19.6. The zero-order valence-electron chi connectivity index (χ0n) is 22.2. The summed E-state index contributed by atoms with van der Waals surface area (Å²) in [7, 11) is 0. The van der Waals surface area contributed by atoms with Gasteiger partial charge in [-0.25, -0.2) is 0 Å². The summed E-state index contributed by atoms with van der Waals surface area (Å²) in [6.45, 7) is 2.31. The number of benzene rings is 3. The average Bonchev–Trinajstić information content (AvgIpc) is 3.62. The van der Waals surface area contributed by atoms with E-state index in [0.717, 1.165) is 73.5 Å². The molecule has 6 rings (SSSR count). The lowest BCUT2D eigenvalue weighted by Gasteiger charge is -2.19. The second-order valence-electron chi connectivity index (χ2n) is 10.5. The predicted octanol–water partition coefficient (Wildman–Crippen LogP) is 8.76. The average molecular weight is 578 g/mol. The van der Waals surface area contributed by atoms with Crippen LogP contribution in [-0.2, 0) is 6.42 Å². The molecule has 7 heteroatoms. The largest absolute Gasteiger partial charge is 0.489 e. The van der Waals surface area contributed by atoms with Crippen molar-refractivity contribution in [1.29, 1.82) is 0 Å². The highest BCUT2D eigenvalue weighted by atomic mass is 35.5. The van der Waals surface area contributed by atoms with E-state index in [9.17, 15) is 4.39 Å². The lowest BCUT2D eigenvalue weighted by atomic mass is 9.87. The van der Waals surface area contributed by atoms with Gasteiger partial charge in [0.15, 0.2) is 5.76 Å². The first-order valence-electron chi connectivity index (χ1n) is 13.9. The van der Waals surface area contributed by atoms with Crippen LogP contribution < -0.4 is 4.74 Å². The molecule has 1 saturated heterocycles. The third-order valence-electron chi connectivity index (χ3n) is 7.81. The van der Waals surface area contributed by atoms with Crippen LogP contribution in [0.25, 0.3) is 22.5 Å². The molecule has 1 aliphatic carbocycles. The molecular weight excluding hydrogens is 546 g/mol. The summed E-state index contributed by atoms with van der Waals surface area (Å²) in [6.07, 6.45) is 6.16. The smallest absolute Gasteiger partial charge is 0.166 e. The van der Waals surface area contributed by atoms with E-state index in [1.165, 1.54) is 22.3 Å². The van der Waals surface area contributed by atoms with Gasteiger partial charge >= 0.3 is 0 Å². The Balaban J connectivity index is 1.36. The Morgan fingerprint density at radius 3 is 2.55 bits per heavy atom. The molecule has 0 amide bonds. The van der Waals surface area contributed by atoms with Gasteiger partial charge in [0.25, 0.3) is 0 Å². The fourth-order valence-electron chi connectivity index (χ4n) is 5.91. The zero-order valence-corrected chi connectivity index (χ0v) is 23.7. The van der Waals surface area contributed by atoms with Gasteiger partial charge < -0.3 is 9.26 Å². The summed E-state index contributed by atoms with van der Waals surface area (Å²) < 4.78 is 24.3. The number of aryl methyl sites for hydroxylation is 1. The van der Waals surface area contributed by atoms with Crippen LogP contribution in [0.5, 0.6) is 5.75 Å². The first-order valence-corrected chi connectivity index (χ1v) is 14.6. The van der Waals surface area contributed by atoms with Gasteiger partial charge in [-0.05, 0) is 95.8 Å². The van der Waals surface area contributed by atoms with Crippen molar-refractivity contribution in [2.75, 3.05) is 26.3 Å². The number of allylic oxidation sites excluding steroid dienone is 1. The molecule has 206 valence electrons. The number of hydrogen-bond acceptors (Lipinski definition) is 4. The Labute approximate surface area is 244 Å². The molecule has 0 spiro atoms. The molecular formula is C33H31Cl2FN2O2. The minimum atomic E-state index is -0.271. The fourth-order valence-corrected chi connectivity index (χ4v) is 6.43. The monoisotopic (exact) mass is 576 g/mol. The maximum atomic E-state index is 12.6. The number of hydrogen-bond donors (Lipinski definition) is 0. The van der Waals surface area contributed by atoms with E-state index in [4.69, 9.17) is 32.5 Å². The molecule has 0 saturated carbocycles. The van der Waals surface area contributed by atoms with Crippen molar-refractivity contribution >= 4 is 34.3 Å². The van der Waals surface area contributed by atoms with E-state index in [-0.39, 0.29) is 12.8 Å². The molecule has 1 atom stereocenters. The minimum absolute atomic E-state index is 0.126. The number of alkyl halides is 1. The quantitative estimate of drug-likeness (QED) is 0.210. The third-order valence-corrected chi connectivity index (χ3v) is 8.36. The van der Waals surface area contributed by atoms with Gasteiger partial charge in [-0.3, -0.25) is 9.29 Å². The molecule has 1 aromatic heterocycles. The molecule has 4 nitrogen and oxygen atoms in total. The fraction of sp³-hybridized carbons (Fsp3) is 0.303. The molecule has 3 aromatic carbocycles. The number of ether oxygens (including phenoxy) is 1. The van der Waals surface area contributed by atoms with Crippen molar-refractivity contribution in [2.45, 2.75) is 38.2 Å². The Hall–Kier alpha value is -3.12. The van der Waals surface area contributed by atoms with Crippen molar-refractivity contribution < 1.29 is 13.7 Å². The van der Waals surface area contributed by atoms with E-state index < -0.39 is 0 Å². The van der Waals surface area contributed by atoms with Crippen molar-refractivity contribution in [3.63, 3.8) is 0 Å². The predicted molar refractivity (Wildman–Crippen MR) is 160 cm³/mol. The minimum Gasteiger partial charge on any atom is -0.489 e. The molecule has 1 aliphatic heterocycles. The van der Waals surface area contributed by atoms with Gasteiger partial charge in [0.1, 0.15) is 11.9 Å². The SMILES string of the molecule is FCCCN1CC[C@H](Oc2ccc(C3=C(c4ccc(Cl)cc4Cl)CCCc4cc(-c5ccno5)ccc43)cc2)C1. The molecule has 0 bridgehead atoms. The standard InChI is InChI=1S/C33H31Cl2FN2O2/c34-25-8-12-29(31(35)20-25)30-4-1-3-23-19-24(32-13-16-37-40-32)7-11-28(23)33(30)22-5-9-26(10-6-22)39-27-14-18-38(21-27)17-2-15-36/h5-13,16,19-20,27H,1-4,14-15,17-18,21H2/t27-/m0/s1. The molecule has 40 heavy (non-hydrogen) atoms. The number of rotatable bonds is 8. The number of halogens is 3. The summed E-state index contributed by atoms with van der Waals surface area (Å²) in [5, 5.41) is 5.16. The van der Waals surface area contributed by atoms with Crippen molar-refractivity contribution in [3.8, 4) is 17.1 Å². The number of fused-ring (bicyclic) bond motifs is 1. The molecule has 2 aliphatic rings. The van der Waals surface area contributed by atoms with E-state index >= 15 is 0 Å². The highest BCUT2D eigenvalue weighted by Crippen LogP contribution is 2.43. The van der Waals surface area contributed by atoms with Gasteiger partial charge in [0.2, 0.25) is 0 Å². The maximum Gasteiger partial charge on any atom is 0.166 e. The van der Waals surface area contributed by atoms with E-state index in [1.54, 1.807) is 6.20 Å². The normalized spacial score (nSPS) is 17.6. The van der Waals surface area contributed by atoms with Gasteiger partial charge in [-0.1, -0.05) is 58.7 Å². The summed E-state index contributed by atoms with van der Waals surface area (Å²) in [4.78, 5) is 2.28. The molecule has 0 radical (unpaired) electrons. The van der Waals surface area contributed by atoms with Crippen LogP contribution >= 0.6 is 23.2 Å². The van der Waals surface area contributed by atoms with Crippen LogP contribution in [0.4, 0.5) is 4.39 Å². The summed E-state index contributed by atoms with van der Waals surface area (Å²) in [5.41, 5.74) is 7.97. The lowest BCUT2D eigenvalue weighted by Crippen LogP contribution is -2.26. The van der Waals surface area contributed by atoms with Gasteiger partial charge in [0.05, 0.1) is 12.9 Å². The van der Waals surface area contributed by atoms with Gasteiger partial charge in [0, 0.05) is 41.3 Å². The maximum absolute atomic E-state index is 12.6. The third kappa shape index (κ3) is 5.83. The van der Waals surface area contributed by atoms with Crippen LogP contribution in [-0.4, -0.2) is 42.5 Å². The number of aromatic nitrogens is 1. The molecule has 1 fully saturated rings. The Bertz CT molecular complexity index is 1500. The van der Waals surface area contributed by atoms with E-state index in [2.05, 4.69) is 52.5 Å². The van der Waals surface area contributed by atoms with Crippen LogP contribution in [0.3, 0.4) is 0 Å². The molecule has 4 aromatic rings. The van der Waals surface area contributed by atoms with Crippen LogP contribution in [0.15, 0.2) is 77.4 Å². The Kier molecular flexibility index (Phi) is 8.24. The van der Waals surface area contributed by atoms with Crippen molar-refractivity contribution in [2.24, 2.45) is 0 Å². The molecule has 0 unspecified atom stereocenters. The van der Waals surface area contributed by atoms with Gasteiger partial charge in [-0.2, -0.15) is 0 Å². The van der Waals surface area contributed by atoms with Crippen LogP contribution in [0.1, 0.15) is 47.9 Å². The molecule has 2 heterocycles.